The number of thioether (sulfide) groups is 1. The van der Waals surface area contributed by atoms with Gasteiger partial charge in [0.2, 0.25) is 0 Å². The maximum atomic E-state index is 11.7. The smallest absolute Gasteiger partial charge is 0.155 e. The van der Waals surface area contributed by atoms with E-state index < -0.39 is 0 Å². The van der Waals surface area contributed by atoms with Gasteiger partial charge in [0.25, 0.3) is 0 Å². The number of hydrogen-bond acceptors (Lipinski definition) is 3. The minimum Gasteiger partial charge on any atom is -0.295 e. The Bertz CT molecular complexity index is 1010. The van der Waals surface area contributed by atoms with Crippen LogP contribution < -0.4 is 0 Å². The highest BCUT2D eigenvalue weighted by atomic mass is 32.2. The zero-order chi connectivity index (χ0) is 22.1. The van der Waals surface area contributed by atoms with Gasteiger partial charge in [-0.2, -0.15) is 0 Å². The van der Waals surface area contributed by atoms with Crippen LogP contribution in [-0.2, 0) is 4.79 Å². The summed E-state index contributed by atoms with van der Waals surface area (Å²) in [4.78, 5) is 17.4. The summed E-state index contributed by atoms with van der Waals surface area (Å²) in [6.07, 6.45) is 15.8. The number of benzene rings is 1. The normalized spacial score (nSPS) is 33.4. The van der Waals surface area contributed by atoms with Crippen molar-refractivity contribution in [2.75, 3.05) is 5.75 Å². The van der Waals surface area contributed by atoms with Gasteiger partial charge in [0.1, 0.15) is 0 Å². The molecule has 0 N–H and O–H groups in total. The summed E-state index contributed by atoms with van der Waals surface area (Å²) >= 11 is 1.84. The molecule has 4 aliphatic rings. The molecule has 4 aliphatic carbocycles. The molecular formula is C29H37NOS. The Kier molecular flexibility index (Phi) is 6.47. The third-order valence-electron chi connectivity index (χ3n) is 9.05. The molecule has 0 spiro atoms. The lowest BCUT2D eigenvalue weighted by Crippen LogP contribution is -2.46. The second kappa shape index (κ2) is 9.33. The average Bonchev–Trinajstić information content (AvgIpc) is 3.30. The fraction of sp³-hybridized carbons (Fsp3) is 0.586. The number of ketones is 1. The van der Waals surface area contributed by atoms with E-state index in [1.54, 1.807) is 0 Å². The predicted octanol–water partition coefficient (Wildman–Crippen LogP) is 7.87. The molecule has 5 unspecified atom stereocenters. The van der Waals surface area contributed by atoms with Crippen LogP contribution in [0.25, 0.3) is 10.9 Å². The molecule has 0 aliphatic heterocycles. The lowest BCUT2D eigenvalue weighted by Gasteiger charge is -2.55. The molecule has 3 heteroatoms. The van der Waals surface area contributed by atoms with Crippen LogP contribution in [0.4, 0.5) is 0 Å². The molecule has 2 nitrogen and oxygen atoms in total. The highest BCUT2D eigenvalue weighted by Gasteiger charge is 2.52. The molecule has 0 amide bonds. The summed E-state index contributed by atoms with van der Waals surface area (Å²) in [5.41, 5.74) is 3.02. The number of carbonyl (C=O) groups is 1. The molecule has 2 aromatic rings. The number of pyridine rings is 1. The van der Waals surface area contributed by atoms with Gasteiger partial charge in [-0.25, -0.2) is 0 Å². The Labute approximate surface area is 197 Å². The van der Waals surface area contributed by atoms with Crippen molar-refractivity contribution in [1.82, 2.24) is 4.98 Å². The number of allylic oxidation sites excluding steroid dienone is 1. The Morgan fingerprint density at radius 1 is 1.03 bits per heavy atom. The summed E-state index contributed by atoms with van der Waals surface area (Å²) < 4.78 is 0. The van der Waals surface area contributed by atoms with Crippen LogP contribution >= 0.6 is 11.8 Å². The first kappa shape index (κ1) is 22.2. The van der Waals surface area contributed by atoms with Gasteiger partial charge in [-0.1, -0.05) is 50.5 Å². The Morgan fingerprint density at radius 2 is 1.91 bits per heavy atom. The van der Waals surface area contributed by atoms with Crippen LogP contribution in [0.1, 0.15) is 71.6 Å². The van der Waals surface area contributed by atoms with Gasteiger partial charge >= 0.3 is 0 Å². The highest BCUT2D eigenvalue weighted by molar-refractivity contribution is 7.99. The summed E-state index contributed by atoms with van der Waals surface area (Å²) in [7, 11) is 0. The summed E-state index contributed by atoms with van der Waals surface area (Å²) in [6.45, 7) is 4.64. The summed E-state index contributed by atoms with van der Waals surface area (Å²) in [6, 6.07) is 10.4. The van der Waals surface area contributed by atoms with Crippen molar-refractivity contribution >= 4 is 28.4 Å². The van der Waals surface area contributed by atoms with Gasteiger partial charge in [-0.3, -0.25) is 9.78 Å². The highest BCUT2D eigenvalue weighted by Crippen LogP contribution is 2.61. The summed E-state index contributed by atoms with van der Waals surface area (Å²) in [5, 5.41) is 1.22. The predicted molar refractivity (Wildman–Crippen MR) is 135 cm³/mol. The van der Waals surface area contributed by atoms with Gasteiger partial charge in [0.15, 0.2) is 5.78 Å². The van der Waals surface area contributed by atoms with E-state index in [-0.39, 0.29) is 0 Å². The molecule has 3 saturated carbocycles. The molecule has 0 radical (unpaired) electrons. The van der Waals surface area contributed by atoms with Crippen LogP contribution in [0.5, 0.6) is 0 Å². The maximum Gasteiger partial charge on any atom is 0.155 e. The van der Waals surface area contributed by atoms with Crippen LogP contribution in [0.3, 0.4) is 0 Å². The first-order chi connectivity index (χ1) is 15.6. The second-order valence-electron chi connectivity index (χ2n) is 10.6. The van der Waals surface area contributed by atoms with Crippen molar-refractivity contribution in [1.29, 1.82) is 0 Å². The SMILES string of the molecule is CC12CCC(=O)C=C1CCC1C3CCCC3CCC12.CCSc1cccc2cccnc12. The molecule has 0 bridgehead atoms. The van der Waals surface area contributed by atoms with Gasteiger partial charge in [0, 0.05) is 22.9 Å². The number of para-hydroxylation sites is 1. The zero-order valence-corrected chi connectivity index (χ0v) is 20.5. The third-order valence-corrected chi connectivity index (χ3v) is 9.98. The second-order valence-corrected chi connectivity index (χ2v) is 11.9. The van der Waals surface area contributed by atoms with Crippen molar-refractivity contribution in [2.45, 2.75) is 76.5 Å². The number of rotatable bonds is 2. The van der Waals surface area contributed by atoms with Gasteiger partial charge in [0.05, 0.1) is 5.52 Å². The van der Waals surface area contributed by atoms with Crippen LogP contribution in [0.2, 0.25) is 0 Å². The molecule has 1 aromatic carbocycles. The topological polar surface area (TPSA) is 30.0 Å². The van der Waals surface area contributed by atoms with E-state index in [0.717, 1.165) is 47.8 Å². The standard InChI is InChI=1S/C18H26O.C11H11NS/c1-18-10-9-14(19)11-13(18)6-7-16-15-4-2-3-12(15)5-8-17(16)18;1-2-13-10-7-3-5-9-6-4-8-12-11(9)10/h11-12,15-17H,2-10H2,1H3;3-8H,2H2,1H3. The molecule has 32 heavy (non-hydrogen) atoms. The minimum atomic E-state index is 0.379. The lowest BCUT2D eigenvalue weighted by atomic mass is 9.50. The van der Waals surface area contributed by atoms with Crippen LogP contribution in [-0.4, -0.2) is 16.5 Å². The Balaban J connectivity index is 0.000000146. The Hall–Kier alpha value is -1.61. The molecule has 0 saturated heterocycles. The minimum absolute atomic E-state index is 0.379. The largest absolute Gasteiger partial charge is 0.295 e. The molecule has 1 heterocycles. The molecule has 170 valence electrons. The molecule has 6 rings (SSSR count). The fourth-order valence-corrected chi connectivity index (χ4v) is 8.32. The maximum absolute atomic E-state index is 11.7. The van der Waals surface area contributed by atoms with Gasteiger partial charge < -0.3 is 0 Å². The van der Waals surface area contributed by atoms with E-state index >= 15 is 0 Å². The number of nitrogens with zero attached hydrogens (tertiary/aromatic N) is 1. The number of aromatic nitrogens is 1. The van der Waals surface area contributed by atoms with E-state index in [2.05, 4.69) is 43.1 Å². The van der Waals surface area contributed by atoms with E-state index in [1.807, 2.05) is 30.1 Å². The van der Waals surface area contributed by atoms with Crippen molar-refractivity contribution in [3.8, 4) is 0 Å². The quantitative estimate of drug-likeness (QED) is 0.439. The van der Waals surface area contributed by atoms with E-state index in [9.17, 15) is 4.79 Å². The molecule has 1 aromatic heterocycles. The lowest BCUT2D eigenvalue weighted by molar-refractivity contribution is -0.116. The van der Waals surface area contributed by atoms with E-state index in [0.29, 0.717) is 11.2 Å². The molecule has 5 atom stereocenters. The van der Waals surface area contributed by atoms with Gasteiger partial charge in [-0.15, -0.1) is 11.8 Å². The molecular weight excluding hydrogens is 410 g/mol. The first-order valence-corrected chi connectivity index (χ1v) is 13.8. The van der Waals surface area contributed by atoms with Crippen molar-refractivity contribution in [2.24, 2.45) is 29.1 Å². The van der Waals surface area contributed by atoms with E-state index in [4.69, 9.17) is 0 Å². The van der Waals surface area contributed by atoms with Crippen LogP contribution in [0.15, 0.2) is 53.1 Å². The van der Waals surface area contributed by atoms with Gasteiger partial charge in [-0.05, 0) is 91.6 Å². The van der Waals surface area contributed by atoms with Crippen molar-refractivity contribution in [3.63, 3.8) is 0 Å². The third kappa shape index (κ3) is 4.06. The monoisotopic (exact) mass is 447 g/mol. The Morgan fingerprint density at radius 3 is 2.78 bits per heavy atom. The fourth-order valence-electron chi connectivity index (χ4n) is 7.53. The number of hydrogen-bond donors (Lipinski definition) is 0. The van der Waals surface area contributed by atoms with Crippen molar-refractivity contribution in [3.05, 3.63) is 48.2 Å². The average molecular weight is 448 g/mol. The van der Waals surface area contributed by atoms with Crippen molar-refractivity contribution < 1.29 is 4.79 Å². The van der Waals surface area contributed by atoms with E-state index in [1.165, 1.54) is 60.8 Å². The zero-order valence-electron chi connectivity index (χ0n) is 19.7. The first-order valence-electron chi connectivity index (χ1n) is 12.8. The molecule has 3 fully saturated rings. The summed E-state index contributed by atoms with van der Waals surface area (Å²) in [5.74, 6) is 5.45. The van der Waals surface area contributed by atoms with Crippen LogP contribution in [0, 0.1) is 29.1 Å². The number of fused-ring (bicyclic) bond motifs is 6. The number of carbonyl (C=O) groups excluding carboxylic acids is 1.